The maximum absolute atomic E-state index is 14.3. The molecule has 0 aliphatic rings. The van der Waals surface area contributed by atoms with Gasteiger partial charge in [0.05, 0.1) is 71.6 Å². The molecule has 0 aliphatic carbocycles. The number of ether oxygens (including phenoxy) is 5. The van der Waals surface area contributed by atoms with Gasteiger partial charge in [0.15, 0.2) is 0 Å². The van der Waals surface area contributed by atoms with Crippen molar-refractivity contribution in [3.8, 4) is 0 Å². The summed E-state index contributed by atoms with van der Waals surface area (Å²) in [7, 11) is 0. The molecule has 9 heteroatoms. The molecular formula is C21H47FN2O6. The van der Waals surface area contributed by atoms with Crippen LogP contribution in [-0.2, 0) is 28.5 Å². The van der Waals surface area contributed by atoms with Gasteiger partial charge in [0.25, 0.3) is 0 Å². The van der Waals surface area contributed by atoms with Crippen molar-refractivity contribution < 1.29 is 35.7 Å². The van der Waals surface area contributed by atoms with E-state index < -0.39 is 11.8 Å². The van der Waals surface area contributed by atoms with Crippen molar-refractivity contribution in [2.45, 2.75) is 46.4 Å². The SMILES string of the molecule is CCNCCOCCOCCOCCOCCOC(C)(C)C(F)CNC(=O)C(C)C.[HH].[HH]. The minimum Gasteiger partial charge on any atom is -0.378 e. The smallest absolute Gasteiger partial charge is 0.222 e. The molecule has 1 unspecified atom stereocenters. The minimum atomic E-state index is -1.30. The van der Waals surface area contributed by atoms with E-state index in [0.717, 1.165) is 13.1 Å². The Labute approximate surface area is 184 Å². The number of rotatable bonds is 21. The number of nitrogens with one attached hydrogen (secondary N) is 2. The summed E-state index contributed by atoms with van der Waals surface area (Å²) in [5.74, 6) is -0.342. The van der Waals surface area contributed by atoms with Crippen LogP contribution < -0.4 is 10.6 Å². The van der Waals surface area contributed by atoms with E-state index in [9.17, 15) is 9.18 Å². The fourth-order valence-corrected chi connectivity index (χ4v) is 2.18. The van der Waals surface area contributed by atoms with Crippen molar-refractivity contribution >= 4 is 5.91 Å². The number of halogens is 1. The quantitative estimate of drug-likeness (QED) is 0.263. The average Bonchev–Trinajstić information content (AvgIpc) is 2.71. The molecule has 0 saturated carbocycles. The van der Waals surface area contributed by atoms with E-state index in [1.165, 1.54) is 0 Å². The highest BCUT2D eigenvalue weighted by molar-refractivity contribution is 5.77. The summed E-state index contributed by atoms with van der Waals surface area (Å²) in [5.41, 5.74) is -1.00. The van der Waals surface area contributed by atoms with Gasteiger partial charge in [-0.15, -0.1) is 0 Å². The Kier molecular flexibility index (Phi) is 18.4. The summed E-state index contributed by atoms with van der Waals surface area (Å²) in [6.45, 7) is 15.0. The van der Waals surface area contributed by atoms with Crippen LogP contribution in [-0.4, -0.2) is 96.8 Å². The summed E-state index contributed by atoms with van der Waals surface area (Å²) < 4.78 is 41.5. The highest BCUT2D eigenvalue weighted by Gasteiger charge is 2.30. The topological polar surface area (TPSA) is 87.3 Å². The summed E-state index contributed by atoms with van der Waals surface area (Å²) >= 11 is 0. The van der Waals surface area contributed by atoms with E-state index in [1.54, 1.807) is 27.7 Å². The Bertz CT molecular complexity index is 424. The van der Waals surface area contributed by atoms with Gasteiger partial charge in [-0.25, -0.2) is 4.39 Å². The van der Waals surface area contributed by atoms with Crippen LogP contribution in [0.4, 0.5) is 4.39 Å². The lowest BCUT2D eigenvalue weighted by Gasteiger charge is -2.29. The van der Waals surface area contributed by atoms with Crippen LogP contribution >= 0.6 is 0 Å². The van der Waals surface area contributed by atoms with E-state index in [0.29, 0.717) is 52.9 Å². The Hall–Kier alpha value is -0.840. The van der Waals surface area contributed by atoms with Crippen LogP contribution in [0.15, 0.2) is 0 Å². The molecule has 0 saturated heterocycles. The van der Waals surface area contributed by atoms with E-state index in [1.807, 2.05) is 0 Å². The molecule has 0 aliphatic heterocycles. The van der Waals surface area contributed by atoms with Crippen LogP contribution in [0.5, 0.6) is 0 Å². The molecule has 184 valence electrons. The van der Waals surface area contributed by atoms with Crippen LogP contribution in [0.2, 0.25) is 0 Å². The predicted octanol–water partition coefficient (Wildman–Crippen LogP) is 2.06. The Morgan fingerprint density at radius 3 is 1.83 bits per heavy atom. The van der Waals surface area contributed by atoms with Crippen LogP contribution in [0, 0.1) is 5.92 Å². The molecule has 0 radical (unpaired) electrons. The lowest BCUT2D eigenvalue weighted by Crippen LogP contribution is -2.45. The Balaban J connectivity index is -0.00000420. The van der Waals surface area contributed by atoms with Gasteiger partial charge >= 0.3 is 0 Å². The van der Waals surface area contributed by atoms with Crippen molar-refractivity contribution in [2.24, 2.45) is 5.92 Å². The summed E-state index contributed by atoms with van der Waals surface area (Å²) in [5, 5.41) is 5.76. The molecule has 0 bridgehead atoms. The zero-order valence-corrected chi connectivity index (χ0v) is 19.5. The standard InChI is InChI=1S/C21H43FN2O6.2H2/c1-6-23-7-8-26-9-10-27-11-12-28-13-14-29-15-16-30-21(4,5)19(22)17-24-20(25)18(2)3;;/h18-19,23H,6-17H2,1-5H3,(H,24,25);2*1H. The summed E-state index contributed by atoms with van der Waals surface area (Å²) in [6, 6.07) is 0. The molecule has 8 nitrogen and oxygen atoms in total. The van der Waals surface area contributed by atoms with Gasteiger partial charge in [-0.3, -0.25) is 4.79 Å². The van der Waals surface area contributed by atoms with Crippen molar-refractivity contribution in [2.75, 3.05) is 79.1 Å². The first-order chi connectivity index (χ1) is 14.3. The normalized spacial score (nSPS) is 13.0. The number of carbonyl (C=O) groups is 1. The molecule has 0 aromatic rings. The van der Waals surface area contributed by atoms with Gasteiger partial charge in [-0.05, 0) is 20.4 Å². The van der Waals surface area contributed by atoms with Gasteiger partial charge in [0.2, 0.25) is 5.91 Å². The molecule has 0 aromatic heterocycles. The second-order valence-corrected chi connectivity index (χ2v) is 7.62. The van der Waals surface area contributed by atoms with Crippen molar-refractivity contribution in [3.05, 3.63) is 0 Å². The maximum Gasteiger partial charge on any atom is 0.222 e. The summed E-state index contributed by atoms with van der Waals surface area (Å²) in [6.07, 6.45) is -1.30. The van der Waals surface area contributed by atoms with E-state index in [-0.39, 0.29) is 27.8 Å². The number of hydrogen-bond acceptors (Lipinski definition) is 7. The van der Waals surface area contributed by atoms with Gasteiger partial charge in [-0.2, -0.15) is 0 Å². The zero-order chi connectivity index (χ0) is 22.7. The van der Waals surface area contributed by atoms with Gasteiger partial charge in [-0.1, -0.05) is 20.8 Å². The second kappa shape index (κ2) is 18.9. The highest BCUT2D eigenvalue weighted by Crippen LogP contribution is 2.17. The lowest BCUT2D eigenvalue weighted by molar-refractivity contribution is -0.125. The van der Waals surface area contributed by atoms with Crippen LogP contribution in [0.3, 0.4) is 0 Å². The molecule has 0 aromatic carbocycles. The number of amides is 1. The first kappa shape index (κ1) is 29.2. The minimum absolute atomic E-state index is 0. The molecule has 2 N–H and O–H groups in total. The molecule has 0 spiro atoms. The monoisotopic (exact) mass is 442 g/mol. The third-order valence-corrected chi connectivity index (χ3v) is 4.23. The van der Waals surface area contributed by atoms with Crippen molar-refractivity contribution in [1.82, 2.24) is 10.6 Å². The Morgan fingerprint density at radius 2 is 1.37 bits per heavy atom. The fraction of sp³-hybridized carbons (Fsp3) is 0.952. The van der Waals surface area contributed by atoms with Gasteiger partial charge < -0.3 is 34.3 Å². The lowest BCUT2D eigenvalue weighted by atomic mass is 10.0. The maximum atomic E-state index is 14.3. The average molecular weight is 443 g/mol. The van der Waals surface area contributed by atoms with Gasteiger partial charge in [0, 0.05) is 15.3 Å². The molecule has 30 heavy (non-hydrogen) atoms. The summed E-state index contributed by atoms with van der Waals surface area (Å²) in [4.78, 5) is 11.5. The fourth-order valence-electron chi connectivity index (χ4n) is 2.18. The predicted molar refractivity (Wildman–Crippen MR) is 119 cm³/mol. The number of carbonyl (C=O) groups excluding carboxylic acids is 1. The molecule has 0 fully saturated rings. The number of alkyl halides is 1. The van der Waals surface area contributed by atoms with Crippen molar-refractivity contribution in [1.29, 1.82) is 0 Å². The molecular weight excluding hydrogens is 395 g/mol. The molecule has 0 rings (SSSR count). The largest absolute Gasteiger partial charge is 0.378 e. The van der Waals surface area contributed by atoms with E-state index in [2.05, 4.69) is 17.6 Å². The Morgan fingerprint density at radius 1 is 0.900 bits per heavy atom. The van der Waals surface area contributed by atoms with E-state index >= 15 is 0 Å². The first-order valence-electron chi connectivity index (χ1n) is 10.9. The third kappa shape index (κ3) is 16.9. The van der Waals surface area contributed by atoms with Gasteiger partial charge in [0.1, 0.15) is 6.17 Å². The van der Waals surface area contributed by atoms with Crippen LogP contribution in [0.25, 0.3) is 0 Å². The molecule has 1 amide bonds. The molecule has 1 atom stereocenters. The van der Waals surface area contributed by atoms with E-state index in [4.69, 9.17) is 23.7 Å². The van der Waals surface area contributed by atoms with Crippen molar-refractivity contribution in [3.63, 3.8) is 0 Å². The second-order valence-electron chi connectivity index (χ2n) is 7.62. The third-order valence-electron chi connectivity index (χ3n) is 4.23. The first-order valence-corrected chi connectivity index (χ1v) is 10.9. The zero-order valence-electron chi connectivity index (χ0n) is 19.5. The van der Waals surface area contributed by atoms with Crippen LogP contribution in [0.1, 0.15) is 37.5 Å². The highest BCUT2D eigenvalue weighted by atomic mass is 19.1. The number of likely N-dealkylation sites (N-methyl/N-ethyl adjacent to an activating group) is 1. The number of hydrogen-bond donors (Lipinski definition) is 2. The molecule has 0 heterocycles.